The molecule has 1 N–H and O–H groups in total. The summed E-state index contributed by atoms with van der Waals surface area (Å²) in [7, 11) is 1.96. The first-order valence-electron chi connectivity index (χ1n) is 8.32. The van der Waals surface area contributed by atoms with E-state index in [1.165, 1.54) is 0 Å². The summed E-state index contributed by atoms with van der Waals surface area (Å²) in [5.41, 5.74) is 2.81. The number of rotatable bonds is 5. The van der Waals surface area contributed by atoms with Gasteiger partial charge < -0.3 is 14.5 Å². The van der Waals surface area contributed by atoms with Gasteiger partial charge in [0.15, 0.2) is 17.3 Å². The number of hydrogen-bond acceptors (Lipinski definition) is 4. The molecular formula is C20H20N2O3. The van der Waals surface area contributed by atoms with Crippen LogP contribution in [0, 0.1) is 0 Å². The predicted molar refractivity (Wildman–Crippen MR) is 96.1 cm³/mol. The monoisotopic (exact) mass is 336 g/mol. The van der Waals surface area contributed by atoms with E-state index in [1.807, 2.05) is 61.3 Å². The van der Waals surface area contributed by atoms with Crippen LogP contribution in [0.1, 0.15) is 22.8 Å². The topological polar surface area (TPSA) is 54.6 Å². The molecule has 1 aliphatic heterocycles. The predicted octanol–water partition coefficient (Wildman–Crippen LogP) is 3.60. The molecule has 0 bridgehead atoms. The second-order valence-corrected chi connectivity index (χ2v) is 6.39. The van der Waals surface area contributed by atoms with Gasteiger partial charge in [-0.3, -0.25) is 9.69 Å². The summed E-state index contributed by atoms with van der Waals surface area (Å²) in [5.74, 6) is 1.65. The molecule has 2 heterocycles. The number of likely N-dealkylation sites (N-methyl/N-ethyl adjacent to an activating group) is 1. The Morgan fingerprint density at radius 2 is 2.00 bits per heavy atom. The number of nitrogens with one attached hydrogen (secondary N) is 1. The fourth-order valence-electron chi connectivity index (χ4n) is 3.16. The molecule has 0 spiro atoms. The van der Waals surface area contributed by atoms with Crippen molar-refractivity contribution in [3.8, 4) is 11.5 Å². The Kier molecular flexibility index (Phi) is 3.93. The first-order chi connectivity index (χ1) is 12.1. The summed E-state index contributed by atoms with van der Waals surface area (Å²) >= 11 is 0. The average molecular weight is 336 g/mol. The summed E-state index contributed by atoms with van der Waals surface area (Å²) in [6.07, 6.45) is 1.80. The van der Waals surface area contributed by atoms with Crippen molar-refractivity contribution in [1.82, 2.24) is 9.88 Å². The van der Waals surface area contributed by atoms with Crippen molar-refractivity contribution in [2.75, 3.05) is 13.8 Å². The lowest BCUT2D eigenvalue weighted by Gasteiger charge is -2.23. The minimum absolute atomic E-state index is 0.112. The molecule has 5 heteroatoms. The van der Waals surface area contributed by atoms with E-state index in [9.17, 15) is 4.79 Å². The molecule has 1 aromatic heterocycles. The highest BCUT2D eigenvalue weighted by molar-refractivity contribution is 6.10. The van der Waals surface area contributed by atoms with E-state index in [1.54, 1.807) is 6.20 Å². The van der Waals surface area contributed by atoms with Crippen molar-refractivity contribution in [3.63, 3.8) is 0 Å². The molecule has 5 nitrogen and oxygen atoms in total. The van der Waals surface area contributed by atoms with Crippen LogP contribution in [0.3, 0.4) is 0 Å². The minimum atomic E-state index is -0.232. The lowest BCUT2D eigenvalue weighted by Crippen LogP contribution is -2.35. The number of aromatic nitrogens is 1. The van der Waals surface area contributed by atoms with Crippen LogP contribution < -0.4 is 9.47 Å². The molecule has 128 valence electrons. The maximum Gasteiger partial charge on any atom is 0.231 e. The van der Waals surface area contributed by atoms with E-state index in [-0.39, 0.29) is 18.6 Å². The second kappa shape index (κ2) is 6.26. The van der Waals surface area contributed by atoms with Gasteiger partial charge in [0, 0.05) is 29.2 Å². The molecule has 0 saturated heterocycles. The molecule has 4 rings (SSSR count). The zero-order valence-corrected chi connectivity index (χ0v) is 14.3. The smallest absolute Gasteiger partial charge is 0.231 e. The van der Waals surface area contributed by atoms with Crippen molar-refractivity contribution in [1.29, 1.82) is 0 Å². The van der Waals surface area contributed by atoms with Crippen LogP contribution in [0.25, 0.3) is 10.9 Å². The SMILES string of the molecule is C[C@@H](C(=O)c1c[nH]c2ccccc12)N(C)Cc1ccc2c(c1)OCO2. The number of para-hydroxylation sites is 1. The van der Waals surface area contributed by atoms with Gasteiger partial charge in [-0.05, 0) is 37.7 Å². The third-order valence-corrected chi connectivity index (χ3v) is 4.76. The van der Waals surface area contributed by atoms with Gasteiger partial charge in [0.05, 0.1) is 6.04 Å². The van der Waals surface area contributed by atoms with Gasteiger partial charge in [-0.25, -0.2) is 0 Å². The number of carbonyl (C=O) groups is 1. The number of H-pyrrole nitrogens is 1. The van der Waals surface area contributed by atoms with Crippen LogP contribution in [0.4, 0.5) is 0 Å². The number of ketones is 1. The molecular weight excluding hydrogens is 316 g/mol. The lowest BCUT2D eigenvalue weighted by atomic mass is 10.0. The third-order valence-electron chi connectivity index (χ3n) is 4.76. The number of nitrogens with zero attached hydrogens (tertiary/aromatic N) is 1. The van der Waals surface area contributed by atoms with Crippen LogP contribution >= 0.6 is 0 Å². The zero-order valence-electron chi connectivity index (χ0n) is 14.3. The molecule has 25 heavy (non-hydrogen) atoms. The number of aromatic amines is 1. The van der Waals surface area contributed by atoms with Crippen molar-refractivity contribution >= 4 is 16.7 Å². The van der Waals surface area contributed by atoms with Crippen molar-refractivity contribution in [3.05, 3.63) is 59.8 Å². The van der Waals surface area contributed by atoms with Crippen LogP contribution in [-0.2, 0) is 6.54 Å². The summed E-state index contributed by atoms with van der Waals surface area (Å²) in [4.78, 5) is 18.1. The number of benzene rings is 2. The van der Waals surface area contributed by atoms with Gasteiger partial charge >= 0.3 is 0 Å². The first kappa shape index (κ1) is 15.7. The summed E-state index contributed by atoms with van der Waals surface area (Å²) in [5, 5.41) is 0.968. The summed E-state index contributed by atoms with van der Waals surface area (Å²) in [6.45, 7) is 2.87. The molecule has 0 fully saturated rings. The number of hydrogen-bond donors (Lipinski definition) is 1. The minimum Gasteiger partial charge on any atom is -0.454 e. The fraction of sp³-hybridized carbons (Fsp3) is 0.250. The Morgan fingerprint density at radius 3 is 2.88 bits per heavy atom. The molecule has 1 aliphatic rings. The summed E-state index contributed by atoms with van der Waals surface area (Å²) in [6, 6.07) is 13.5. The Bertz CT molecular complexity index is 932. The normalized spacial score (nSPS) is 14.2. The molecule has 0 saturated carbocycles. The quantitative estimate of drug-likeness (QED) is 0.723. The zero-order chi connectivity index (χ0) is 17.4. The summed E-state index contributed by atoms with van der Waals surface area (Å²) < 4.78 is 10.8. The average Bonchev–Trinajstić information content (AvgIpc) is 3.26. The number of Topliss-reactive ketones (excluding diaryl/α,β-unsaturated/α-hetero) is 1. The van der Waals surface area contributed by atoms with Crippen LogP contribution in [0.15, 0.2) is 48.7 Å². The van der Waals surface area contributed by atoms with Gasteiger partial charge in [0.2, 0.25) is 6.79 Å². The molecule has 0 radical (unpaired) electrons. The molecule has 3 aromatic rings. The largest absolute Gasteiger partial charge is 0.454 e. The van der Waals surface area contributed by atoms with E-state index in [4.69, 9.17) is 9.47 Å². The molecule has 0 amide bonds. The number of ether oxygens (including phenoxy) is 2. The Hall–Kier alpha value is -2.79. The van der Waals surface area contributed by atoms with Crippen molar-refractivity contribution in [2.45, 2.75) is 19.5 Å². The van der Waals surface area contributed by atoms with Gasteiger partial charge in [-0.1, -0.05) is 24.3 Å². The first-order valence-corrected chi connectivity index (χ1v) is 8.32. The highest BCUT2D eigenvalue weighted by atomic mass is 16.7. The fourth-order valence-corrected chi connectivity index (χ4v) is 3.16. The van der Waals surface area contributed by atoms with Gasteiger partial charge in [-0.2, -0.15) is 0 Å². The van der Waals surface area contributed by atoms with Gasteiger partial charge in [-0.15, -0.1) is 0 Å². The Morgan fingerprint density at radius 1 is 1.20 bits per heavy atom. The van der Waals surface area contributed by atoms with E-state index in [0.717, 1.165) is 33.5 Å². The van der Waals surface area contributed by atoms with Crippen LogP contribution in [0.2, 0.25) is 0 Å². The maximum atomic E-state index is 12.9. The number of carbonyl (C=O) groups excluding carboxylic acids is 1. The molecule has 0 unspecified atom stereocenters. The molecule has 1 atom stereocenters. The van der Waals surface area contributed by atoms with E-state index in [0.29, 0.717) is 6.54 Å². The van der Waals surface area contributed by atoms with Crippen molar-refractivity contribution in [2.24, 2.45) is 0 Å². The van der Waals surface area contributed by atoms with E-state index >= 15 is 0 Å². The molecule has 2 aromatic carbocycles. The lowest BCUT2D eigenvalue weighted by molar-refractivity contribution is 0.0864. The Balaban J connectivity index is 1.51. The number of fused-ring (bicyclic) bond motifs is 2. The van der Waals surface area contributed by atoms with Crippen LogP contribution in [0.5, 0.6) is 11.5 Å². The standard InChI is InChI=1S/C20H20N2O3/c1-13(20(23)16-10-21-17-6-4-3-5-15(16)17)22(2)11-14-7-8-18-19(9-14)25-12-24-18/h3-10,13,21H,11-12H2,1-2H3/t13-/m0/s1. The third kappa shape index (κ3) is 2.87. The highest BCUT2D eigenvalue weighted by Crippen LogP contribution is 2.33. The Labute approximate surface area is 146 Å². The maximum absolute atomic E-state index is 12.9. The van der Waals surface area contributed by atoms with Gasteiger partial charge in [0.1, 0.15) is 0 Å². The van der Waals surface area contributed by atoms with Crippen molar-refractivity contribution < 1.29 is 14.3 Å². The van der Waals surface area contributed by atoms with Crippen LogP contribution in [-0.4, -0.2) is 35.5 Å². The van der Waals surface area contributed by atoms with Gasteiger partial charge in [0.25, 0.3) is 0 Å². The van der Waals surface area contributed by atoms with E-state index in [2.05, 4.69) is 4.98 Å². The second-order valence-electron chi connectivity index (χ2n) is 6.39. The van der Waals surface area contributed by atoms with E-state index < -0.39 is 0 Å². The highest BCUT2D eigenvalue weighted by Gasteiger charge is 2.23. The molecule has 0 aliphatic carbocycles.